The van der Waals surface area contributed by atoms with Crippen LogP contribution in [-0.4, -0.2) is 43.5 Å². The van der Waals surface area contributed by atoms with Crippen molar-refractivity contribution in [1.29, 1.82) is 0 Å². The molecule has 0 aliphatic carbocycles. The van der Waals surface area contributed by atoms with Crippen LogP contribution in [0.3, 0.4) is 0 Å². The van der Waals surface area contributed by atoms with E-state index in [9.17, 15) is 19.2 Å². The highest BCUT2D eigenvalue weighted by Gasteiger charge is 2.15. The zero-order valence-corrected chi connectivity index (χ0v) is 10.4. The van der Waals surface area contributed by atoms with Crippen molar-refractivity contribution in [3.05, 3.63) is 0 Å². The molecule has 0 aliphatic heterocycles. The average Bonchev–Trinajstić information content (AvgIpc) is 2.27. The fraction of sp³-hybridized carbons (Fsp3) is 0.636. The van der Waals surface area contributed by atoms with Crippen molar-refractivity contribution in [1.82, 2.24) is 0 Å². The van der Waals surface area contributed by atoms with E-state index in [0.717, 1.165) is 0 Å². The van der Waals surface area contributed by atoms with Gasteiger partial charge in [-0.1, -0.05) is 0 Å². The Bertz CT molecular complexity index is 289. The molecule has 0 aromatic rings. The second-order valence-electron chi connectivity index (χ2n) is 3.16. The number of hydrogen-bond acceptors (Lipinski definition) is 7. The molecule has 0 unspecified atom stereocenters. The van der Waals surface area contributed by atoms with Crippen LogP contribution in [0.2, 0.25) is 0 Å². The number of rotatable bonds is 8. The monoisotopic (exact) mass is 260 g/mol. The van der Waals surface area contributed by atoms with Gasteiger partial charge in [-0.15, -0.1) is 0 Å². The van der Waals surface area contributed by atoms with Gasteiger partial charge < -0.3 is 14.2 Å². The van der Waals surface area contributed by atoms with Gasteiger partial charge in [-0.25, -0.2) is 0 Å². The lowest BCUT2D eigenvalue weighted by Gasteiger charge is -2.04. The average molecular weight is 260 g/mol. The van der Waals surface area contributed by atoms with Gasteiger partial charge in [0, 0.05) is 0 Å². The van der Waals surface area contributed by atoms with E-state index >= 15 is 0 Å². The molecule has 0 saturated heterocycles. The molecule has 0 heterocycles. The van der Waals surface area contributed by atoms with Crippen molar-refractivity contribution in [2.45, 2.75) is 26.7 Å². The summed E-state index contributed by atoms with van der Waals surface area (Å²) in [5.41, 5.74) is 0. The van der Waals surface area contributed by atoms with Crippen LogP contribution >= 0.6 is 0 Å². The maximum absolute atomic E-state index is 11.2. The fourth-order valence-corrected chi connectivity index (χ4v) is 0.966. The highest BCUT2D eigenvalue weighted by Crippen LogP contribution is 1.94. The minimum Gasteiger partial charge on any atom is -0.466 e. The van der Waals surface area contributed by atoms with Crippen molar-refractivity contribution in [2.24, 2.45) is 0 Å². The highest BCUT2D eigenvalue weighted by atomic mass is 16.6. The molecule has 7 nitrogen and oxygen atoms in total. The minimum atomic E-state index is -0.870. The van der Waals surface area contributed by atoms with Crippen LogP contribution in [-0.2, 0) is 33.4 Å². The van der Waals surface area contributed by atoms with Crippen LogP contribution < -0.4 is 0 Å². The third-order valence-electron chi connectivity index (χ3n) is 1.63. The predicted octanol–water partition coefficient (Wildman–Crippen LogP) is 0.00510. The Morgan fingerprint density at radius 1 is 0.722 bits per heavy atom. The number of ether oxygens (including phenoxy) is 3. The Labute approximate surface area is 104 Å². The molecule has 0 amide bonds. The third-order valence-corrected chi connectivity index (χ3v) is 1.63. The summed E-state index contributed by atoms with van der Waals surface area (Å²) >= 11 is 0. The van der Waals surface area contributed by atoms with Gasteiger partial charge in [-0.05, 0) is 13.8 Å². The van der Waals surface area contributed by atoms with E-state index in [2.05, 4.69) is 14.2 Å². The fourth-order valence-electron chi connectivity index (χ4n) is 0.966. The Morgan fingerprint density at radius 2 is 1.17 bits per heavy atom. The van der Waals surface area contributed by atoms with Crippen molar-refractivity contribution < 1.29 is 33.4 Å². The van der Waals surface area contributed by atoms with Crippen molar-refractivity contribution >= 4 is 23.7 Å². The number of carbonyl (C=O) groups is 4. The van der Waals surface area contributed by atoms with Gasteiger partial charge in [0.1, 0.15) is 12.8 Å². The zero-order valence-electron chi connectivity index (χ0n) is 10.4. The summed E-state index contributed by atoms with van der Waals surface area (Å²) in [5.74, 6) is -2.86. The van der Waals surface area contributed by atoms with Gasteiger partial charge in [0.25, 0.3) is 0 Å². The van der Waals surface area contributed by atoms with Gasteiger partial charge in [0.05, 0.1) is 13.2 Å². The van der Waals surface area contributed by atoms with Crippen LogP contribution in [0.15, 0.2) is 0 Å². The molecule has 0 rings (SSSR count). The van der Waals surface area contributed by atoms with Crippen LogP contribution in [0.5, 0.6) is 0 Å². The summed E-state index contributed by atoms with van der Waals surface area (Å²) in [6.07, 6.45) is -1.01. The second kappa shape index (κ2) is 9.15. The van der Waals surface area contributed by atoms with Crippen LogP contribution in [0, 0.1) is 0 Å². The molecular weight excluding hydrogens is 244 g/mol. The largest absolute Gasteiger partial charge is 0.466 e. The minimum absolute atomic E-state index is 0.161. The number of carbonyl (C=O) groups excluding carboxylic acids is 4. The van der Waals surface area contributed by atoms with E-state index in [1.807, 2.05) is 0 Å². The first kappa shape index (κ1) is 16.1. The van der Waals surface area contributed by atoms with Crippen LogP contribution in [0.4, 0.5) is 0 Å². The topological polar surface area (TPSA) is 96.0 Å². The SMILES string of the molecule is CCOC(=O)CC(=O)COC(=O)CC(=O)OCC. The lowest BCUT2D eigenvalue weighted by molar-refractivity contribution is -0.158. The maximum Gasteiger partial charge on any atom is 0.317 e. The van der Waals surface area contributed by atoms with E-state index in [1.165, 1.54) is 0 Å². The molecule has 18 heavy (non-hydrogen) atoms. The van der Waals surface area contributed by atoms with E-state index in [-0.39, 0.29) is 13.2 Å². The summed E-state index contributed by atoms with van der Waals surface area (Å²) in [6, 6.07) is 0. The quantitative estimate of drug-likeness (QED) is 0.344. The molecular formula is C11H16O7. The number of ketones is 1. The first-order chi connectivity index (χ1) is 8.49. The molecule has 0 bridgehead atoms. The summed E-state index contributed by atoms with van der Waals surface area (Å²) < 4.78 is 13.6. The lowest BCUT2D eigenvalue weighted by Crippen LogP contribution is -2.20. The Balaban J connectivity index is 3.81. The number of hydrogen-bond donors (Lipinski definition) is 0. The van der Waals surface area contributed by atoms with Gasteiger partial charge in [0.2, 0.25) is 0 Å². The van der Waals surface area contributed by atoms with Gasteiger partial charge in [-0.2, -0.15) is 0 Å². The molecule has 0 aromatic heterocycles. The van der Waals surface area contributed by atoms with Crippen molar-refractivity contribution in [3.8, 4) is 0 Å². The van der Waals surface area contributed by atoms with Gasteiger partial charge in [0.15, 0.2) is 12.4 Å². The van der Waals surface area contributed by atoms with Crippen LogP contribution in [0.25, 0.3) is 0 Å². The predicted molar refractivity (Wildman–Crippen MR) is 58.5 cm³/mol. The molecule has 0 N–H and O–H groups in total. The maximum atomic E-state index is 11.2. The van der Waals surface area contributed by atoms with E-state index < -0.39 is 43.1 Å². The highest BCUT2D eigenvalue weighted by molar-refractivity contribution is 5.97. The normalized spacial score (nSPS) is 9.44. The first-order valence-electron chi connectivity index (χ1n) is 5.48. The zero-order chi connectivity index (χ0) is 14.0. The lowest BCUT2D eigenvalue weighted by atomic mass is 10.3. The summed E-state index contributed by atoms with van der Waals surface area (Å²) in [7, 11) is 0. The molecule has 0 aliphatic rings. The standard InChI is InChI=1S/C11H16O7/c1-3-16-9(13)5-8(12)7-18-11(15)6-10(14)17-4-2/h3-7H2,1-2H3. The van der Waals surface area contributed by atoms with E-state index in [0.29, 0.717) is 0 Å². The molecule has 7 heteroatoms. The Kier molecular flexibility index (Phi) is 8.17. The van der Waals surface area contributed by atoms with E-state index in [4.69, 9.17) is 0 Å². The molecule has 0 saturated carbocycles. The van der Waals surface area contributed by atoms with Crippen LogP contribution in [0.1, 0.15) is 26.7 Å². The Morgan fingerprint density at radius 3 is 1.67 bits per heavy atom. The molecule has 0 fully saturated rings. The summed E-state index contributed by atoms with van der Waals surface area (Å²) in [4.78, 5) is 44.0. The third kappa shape index (κ3) is 8.26. The Hall–Kier alpha value is -1.92. The van der Waals surface area contributed by atoms with Crippen molar-refractivity contribution in [3.63, 3.8) is 0 Å². The van der Waals surface area contributed by atoms with Gasteiger partial charge in [-0.3, -0.25) is 19.2 Å². The molecule has 0 atom stereocenters. The molecule has 0 radical (unpaired) electrons. The van der Waals surface area contributed by atoms with Crippen molar-refractivity contribution in [2.75, 3.05) is 19.8 Å². The van der Waals surface area contributed by atoms with Gasteiger partial charge >= 0.3 is 17.9 Å². The second-order valence-corrected chi connectivity index (χ2v) is 3.16. The summed E-state index contributed by atoms with van der Waals surface area (Å²) in [6.45, 7) is 2.99. The first-order valence-corrected chi connectivity index (χ1v) is 5.48. The number of esters is 3. The molecule has 0 aromatic carbocycles. The number of Topliss-reactive ketones (excluding diaryl/α,β-unsaturated/α-hetero) is 1. The van der Waals surface area contributed by atoms with E-state index in [1.54, 1.807) is 13.8 Å². The molecule has 102 valence electrons. The summed E-state index contributed by atoms with van der Waals surface area (Å²) in [5, 5.41) is 0. The smallest absolute Gasteiger partial charge is 0.317 e. The molecule has 0 spiro atoms.